The summed E-state index contributed by atoms with van der Waals surface area (Å²) in [6, 6.07) is 8.03. The second kappa shape index (κ2) is 11.6. The van der Waals surface area contributed by atoms with E-state index in [9.17, 15) is 0 Å². The summed E-state index contributed by atoms with van der Waals surface area (Å²) in [4.78, 5) is 0. The summed E-state index contributed by atoms with van der Waals surface area (Å²) in [5.74, 6) is 0.869. The Kier molecular flexibility index (Phi) is 10.2. The Morgan fingerprint density at radius 2 is 1.82 bits per heavy atom. The van der Waals surface area contributed by atoms with E-state index in [-0.39, 0.29) is 11.1 Å². The molecule has 0 heterocycles. The number of allylic oxidation sites excluding steroid dienone is 2. The molecule has 0 spiro atoms. The third kappa shape index (κ3) is 8.76. The summed E-state index contributed by atoms with van der Waals surface area (Å²) in [7, 11) is -0.137. The maximum atomic E-state index is 6.71. The summed E-state index contributed by atoms with van der Waals surface area (Å²) in [5.41, 5.74) is 2.52. The first-order chi connectivity index (χ1) is 13.1. The molecule has 1 aromatic rings. The Bertz CT molecular complexity index is 612. The van der Waals surface area contributed by atoms with Crippen LogP contribution in [0.25, 0.3) is 0 Å². The van der Waals surface area contributed by atoms with Crippen molar-refractivity contribution >= 4 is 8.32 Å². The molecule has 0 saturated carbocycles. The molecule has 1 aromatic carbocycles. The molecule has 0 N–H and O–H groups in total. The van der Waals surface area contributed by atoms with Gasteiger partial charge in [-0.15, -0.1) is 6.58 Å². The summed E-state index contributed by atoms with van der Waals surface area (Å²) < 4.78 is 17.9. The van der Waals surface area contributed by atoms with E-state index < -0.39 is 8.32 Å². The third-order valence-corrected chi connectivity index (χ3v) is 10.00. The zero-order valence-corrected chi connectivity index (χ0v) is 20.0. The minimum absolute atomic E-state index is 0.192. The lowest BCUT2D eigenvalue weighted by atomic mass is 10.1. The van der Waals surface area contributed by atoms with Crippen molar-refractivity contribution in [1.82, 2.24) is 0 Å². The van der Waals surface area contributed by atoms with Crippen LogP contribution < -0.4 is 4.74 Å². The van der Waals surface area contributed by atoms with Gasteiger partial charge >= 0.3 is 0 Å². The van der Waals surface area contributed by atoms with Crippen molar-refractivity contribution in [2.75, 3.05) is 13.7 Å². The van der Waals surface area contributed by atoms with Crippen LogP contribution >= 0.6 is 0 Å². The number of ether oxygens (including phenoxy) is 2. The van der Waals surface area contributed by atoms with Gasteiger partial charge in [-0.05, 0) is 62.0 Å². The quantitative estimate of drug-likeness (QED) is 0.215. The van der Waals surface area contributed by atoms with E-state index in [4.69, 9.17) is 13.9 Å². The second-order valence-corrected chi connectivity index (χ2v) is 13.7. The molecular formula is C24H40O3Si. The molecule has 158 valence electrons. The minimum atomic E-state index is -1.82. The van der Waals surface area contributed by atoms with Gasteiger partial charge in [-0.25, -0.2) is 0 Å². The number of rotatable bonds is 12. The predicted molar refractivity (Wildman–Crippen MR) is 123 cm³/mol. The van der Waals surface area contributed by atoms with E-state index in [1.165, 1.54) is 5.57 Å². The van der Waals surface area contributed by atoms with Gasteiger partial charge in [0, 0.05) is 6.61 Å². The van der Waals surface area contributed by atoms with Crippen LogP contribution in [-0.2, 0) is 15.8 Å². The van der Waals surface area contributed by atoms with E-state index in [1.807, 2.05) is 30.3 Å². The molecule has 0 aliphatic rings. The first-order valence-corrected chi connectivity index (χ1v) is 13.1. The van der Waals surface area contributed by atoms with Gasteiger partial charge in [0.15, 0.2) is 8.32 Å². The van der Waals surface area contributed by atoms with Crippen molar-refractivity contribution in [2.24, 2.45) is 0 Å². The van der Waals surface area contributed by atoms with Gasteiger partial charge in [0.2, 0.25) is 0 Å². The Balaban J connectivity index is 2.63. The highest BCUT2D eigenvalue weighted by Crippen LogP contribution is 2.38. The zero-order chi connectivity index (χ0) is 21.2. The highest BCUT2D eigenvalue weighted by Gasteiger charge is 2.39. The monoisotopic (exact) mass is 404 g/mol. The summed E-state index contributed by atoms with van der Waals surface area (Å²) in [5, 5.41) is 0.202. The van der Waals surface area contributed by atoms with Crippen LogP contribution in [0.2, 0.25) is 18.1 Å². The van der Waals surface area contributed by atoms with Crippen molar-refractivity contribution in [2.45, 2.75) is 77.8 Å². The number of hydrogen-bond acceptors (Lipinski definition) is 3. The van der Waals surface area contributed by atoms with Crippen LogP contribution in [0.15, 0.2) is 48.6 Å². The van der Waals surface area contributed by atoms with Gasteiger partial charge in [-0.3, -0.25) is 0 Å². The van der Waals surface area contributed by atoms with Gasteiger partial charge in [0.1, 0.15) is 5.75 Å². The second-order valence-electron chi connectivity index (χ2n) is 8.97. The van der Waals surface area contributed by atoms with E-state index in [2.05, 4.69) is 53.4 Å². The maximum absolute atomic E-state index is 6.71. The molecular weight excluding hydrogens is 364 g/mol. The predicted octanol–water partition coefficient (Wildman–Crippen LogP) is 6.90. The topological polar surface area (TPSA) is 27.7 Å². The van der Waals surface area contributed by atoms with Crippen LogP contribution in [-0.4, -0.2) is 28.1 Å². The maximum Gasteiger partial charge on any atom is 0.192 e. The molecule has 0 aliphatic carbocycles. The van der Waals surface area contributed by atoms with E-state index in [0.717, 1.165) is 30.6 Å². The lowest BCUT2D eigenvalue weighted by Crippen LogP contribution is -2.44. The lowest BCUT2D eigenvalue weighted by Gasteiger charge is -2.39. The third-order valence-electron chi connectivity index (χ3n) is 5.46. The van der Waals surface area contributed by atoms with Gasteiger partial charge < -0.3 is 13.9 Å². The molecule has 0 fully saturated rings. The molecule has 1 rings (SSSR count). The van der Waals surface area contributed by atoms with Crippen molar-refractivity contribution in [1.29, 1.82) is 0 Å². The number of methoxy groups -OCH3 is 1. The smallest absolute Gasteiger partial charge is 0.192 e. The highest BCUT2D eigenvalue weighted by atomic mass is 28.4. The number of benzene rings is 1. The van der Waals surface area contributed by atoms with Crippen LogP contribution in [0.5, 0.6) is 5.75 Å². The van der Waals surface area contributed by atoms with Crippen LogP contribution in [0.4, 0.5) is 0 Å². The van der Waals surface area contributed by atoms with E-state index in [1.54, 1.807) is 7.11 Å². The van der Waals surface area contributed by atoms with Gasteiger partial charge in [-0.1, -0.05) is 50.6 Å². The van der Waals surface area contributed by atoms with E-state index >= 15 is 0 Å². The molecule has 0 amide bonds. The number of hydrogen-bond donors (Lipinski definition) is 0. The van der Waals surface area contributed by atoms with Crippen molar-refractivity contribution in [3.8, 4) is 5.75 Å². The Labute approximate surface area is 173 Å². The first kappa shape index (κ1) is 24.7. The summed E-state index contributed by atoms with van der Waals surface area (Å²) >= 11 is 0. The summed E-state index contributed by atoms with van der Waals surface area (Å²) in [6.07, 6.45) is 7.14. The Morgan fingerprint density at radius 1 is 1.18 bits per heavy atom. The molecule has 1 atom stereocenters. The Hall–Kier alpha value is -1.36. The SMILES string of the molecule is C=CC/C=C(\C)C[C@H](CCOCc1ccc(OC)cc1)O[Si](C)(C)C(C)(C)C. The first-order valence-electron chi connectivity index (χ1n) is 10.2. The molecule has 28 heavy (non-hydrogen) atoms. The molecule has 0 aliphatic heterocycles. The molecule has 4 heteroatoms. The van der Waals surface area contributed by atoms with Crippen LogP contribution in [0.3, 0.4) is 0 Å². The minimum Gasteiger partial charge on any atom is -0.497 e. The van der Waals surface area contributed by atoms with Gasteiger partial charge in [-0.2, -0.15) is 0 Å². The molecule has 0 saturated heterocycles. The van der Waals surface area contributed by atoms with Crippen LogP contribution in [0, 0.1) is 0 Å². The normalized spacial score (nSPS) is 14.0. The largest absolute Gasteiger partial charge is 0.497 e. The van der Waals surface area contributed by atoms with Gasteiger partial charge in [0.05, 0.1) is 19.8 Å². The van der Waals surface area contributed by atoms with E-state index in [0.29, 0.717) is 13.2 Å². The van der Waals surface area contributed by atoms with Crippen molar-refractivity contribution in [3.05, 3.63) is 54.1 Å². The standard InChI is InChI=1S/C24H40O3Si/c1-9-10-11-20(2)18-23(27-28(7,8)24(3,4)5)16-17-26-19-21-12-14-22(25-6)15-13-21/h9,11-15,23H,1,10,16-19H2,2-8H3/b20-11+/t23-/m0/s1. The van der Waals surface area contributed by atoms with Crippen molar-refractivity contribution < 1.29 is 13.9 Å². The Morgan fingerprint density at radius 3 is 2.36 bits per heavy atom. The molecule has 0 radical (unpaired) electrons. The van der Waals surface area contributed by atoms with Gasteiger partial charge in [0.25, 0.3) is 0 Å². The lowest BCUT2D eigenvalue weighted by molar-refractivity contribution is 0.0774. The zero-order valence-electron chi connectivity index (χ0n) is 19.0. The van der Waals surface area contributed by atoms with Crippen molar-refractivity contribution in [3.63, 3.8) is 0 Å². The molecule has 3 nitrogen and oxygen atoms in total. The fraction of sp³-hybridized carbons (Fsp3) is 0.583. The fourth-order valence-corrected chi connectivity index (χ4v) is 4.04. The fourth-order valence-electron chi connectivity index (χ4n) is 2.65. The molecule has 0 aromatic heterocycles. The average molecular weight is 405 g/mol. The molecule has 0 unspecified atom stereocenters. The summed E-state index contributed by atoms with van der Waals surface area (Å²) in [6.45, 7) is 18.8. The van der Waals surface area contributed by atoms with Crippen LogP contribution in [0.1, 0.15) is 52.5 Å². The average Bonchev–Trinajstić information content (AvgIpc) is 2.62. The highest BCUT2D eigenvalue weighted by molar-refractivity contribution is 6.74. The molecule has 0 bridgehead atoms.